The Morgan fingerprint density at radius 3 is 1.43 bits per heavy atom. The maximum Gasteiger partial charge on any atom is 0.164 e. The maximum atomic E-state index is 9.39. The second-order valence-corrected chi connectivity index (χ2v) is 14.7. The lowest BCUT2D eigenvalue weighted by Crippen LogP contribution is -2.42. The molecule has 2 saturated carbocycles. The lowest BCUT2D eigenvalue weighted by Gasteiger charge is -2.50. The highest BCUT2D eigenvalue weighted by atomic mass is 15.0. The summed E-state index contributed by atoms with van der Waals surface area (Å²) in [5.74, 6) is 3.91. The Bertz CT molecular complexity index is 2190. The van der Waals surface area contributed by atoms with Crippen LogP contribution in [0.1, 0.15) is 62.6 Å². The number of aromatic nitrogens is 4. The molecular formula is C45H38N6. The first-order valence-electron chi connectivity index (χ1n) is 17.8. The van der Waals surface area contributed by atoms with Gasteiger partial charge in [-0.15, -0.1) is 0 Å². The van der Waals surface area contributed by atoms with Crippen LogP contribution in [0.2, 0.25) is 0 Å². The quantitative estimate of drug-likeness (QED) is 0.176. The van der Waals surface area contributed by atoms with E-state index < -0.39 is 0 Å². The minimum atomic E-state index is 0.275. The van der Waals surface area contributed by atoms with Crippen LogP contribution in [0.4, 0.5) is 0 Å². The van der Waals surface area contributed by atoms with Crippen LogP contribution < -0.4 is 0 Å². The van der Waals surface area contributed by atoms with Crippen molar-refractivity contribution in [2.75, 3.05) is 0 Å². The molecule has 2 bridgehead atoms. The standard InChI is InChI=1S/C45H38N6/c1-29-19-33-20-30(2)25-45(24-29,26-33)41-13-11-34(12-14-41)38-21-39(35-15-17-48-18-16-35)23-40(22-38)44-50-42(36-7-3-31(27-46)4-8-36)49-43(51-44)37-9-5-32(28-47)6-10-37/h3-18,21-23,29-30,33H,19-20,24-26H2,1-2H3/t29-,30+,33-,45?. The van der Waals surface area contributed by atoms with Gasteiger partial charge >= 0.3 is 0 Å². The van der Waals surface area contributed by atoms with Gasteiger partial charge in [0.1, 0.15) is 0 Å². The van der Waals surface area contributed by atoms with E-state index in [1.54, 1.807) is 24.3 Å². The summed E-state index contributed by atoms with van der Waals surface area (Å²) in [6.07, 6.45) is 10.2. The van der Waals surface area contributed by atoms with Gasteiger partial charge in [0.2, 0.25) is 0 Å². The summed E-state index contributed by atoms with van der Waals surface area (Å²) in [5.41, 5.74) is 9.63. The lowest BCUT2D eigenvalue weighted by atomic mass is 9.54. The summed E-state index contributed by atoms with van der Waals surface area (Å²) in [4.78, 5) is 19.2. The molecule has 8 rings (SSSR count). The molecule has 2 aliphatic carbocycles. The van der Waals surface area contributed by atoms with Gasteiger partial charge < -0.3 is 0 Å². The molecule has 1 unspecified atom stereocenters. The number of benzene rings is 4. The molecule has 2 aromatic heterocycles. The summed E-state index contributed by atoms with van der Waals surface area (Å²) in [6.45, 7) is 4.89. The minimum Gasteiger partial charge on any atom is -0.265 e. The molecule has 0 amide bonds. The van der Waals surface area contributed by atoms with Crippen LogP contribution in [-0.4, -0.2) is 19.9 Å². The Kier molecular flexibility index (Phi) is 8.46. The topological polar surface area (TPSA) is 99.1 Å². The predicted octanol–water partition coefficient (Wildman–Crippen LogP) is 10.4. The number of hydrogen-bond donors (Lipinski definition) is 0. The van der Waals surface area contributed by atoms with E-state index in [-0.39, 0.29) is 5.41 Å². The molecule has 6 aromatic rings. The molecule has 0 N–H and O–H groups in total. The van der Waals surface area contributed by atoms with Crippen LogP contribution in [0.5, 0.6) is 0 Å². The number of pyridine rings is 1. The Morgan fingerprint density at radius 1 is 0.510 bits per heavy atom. The summed E-state index contributed by atoms with van der Waals surface area (Å²) in [6, 6.07) is 38.8. The summed E-state index contributed by atoms with van der Waals surface area (Å²) in [5, 5.41) is 18.8. The molecule has 2 heterocycles. The van der Waals surface area contributed by atoms with Crippen molar-refractivity contribution >= 4 is 0 Å². The Balaban J connectivity index is 1.25. The number of rotatable bonds is 6. The third kappa shape index (κ3) is 6.54. The lowest BCUT2D eigenvalue weighted by molar-refractivity contribution is 0.0780. The van der Waals surface area contributed by atoms with E-state index in [9.17, 15) is 10.5 Å². The average Bonchev–Trinajstić information content (AvgIpc) is 3.17. The van der Waals surface area contributed by atoms with E-state index in [1.807, 2.05) is 48.8 Å². The fourth-order valence-corrected chi connectivity index (χ4v) is 8.86. The van der Waals surface area contributed by atoms with Crippen molar-refractivity contribution in [2.45, 2.75) is 51.4 Å². The molecule has 6 heteroatoms. The summed E-state index contributed by atoms with van der Waals surface area (Å²) >= 11 is 0. The molecule has 6 nitrogen and oxygen atoms in total. The van der Waals surface area contributed by atoms with E-state index in [2.05, 4.69) is 73.4 Å². The first-order valence-corrected chi connectivity index (χ1v) is 17.8. The molecule has 248 valence electrons. The van der Waals surface area contributed by atoms with Crippen molar-refractivity contribution in [1.29, 1.82) is 10.5 Å². The zero-order valence-corrected chi connectivity index (χ0v) is 28.9. The molecule has 0 spiro atoms. The monoisotopic (exact) mass is 662 g/mol. The first kappa shape index (κ1) is 32.2. The third-order valence-corrected chi connectivity index (χ3v) is 10.8. The minimum absolute atomic E-state index is 0.275. The van der Waals surface area contributed by atoms with Crippen LogP contribution in [0, 0.1) is 40.4 Å². The number of fused-ring (bicyclic) bond motifs is 2. The zero-order valence-electron chi connectivity index (χ0n) is 28.9. The number of hydrogen-bond acceptors (Lipinski definition) is 6. The molecular weight excluding hydrogens is 625 g/mol. The fourth-order valence-electron chi connectivity index (χ4n) is 8.86. The number of nitriles is 2. The van der Waals surface area contributed by atoms with Gasteiger partial charge in [0.15, 0.2) is 17.5 Å². The highest BCUT2D eigenvalue weighted by Gasteiger charge is 2.45. The van der Waals surface area contributed by atoms with Crippen LogP contribution >= 0.6 is 0 Å². The van der Waals surface area contributed by atoms with Gasteiger partial charge in [-0.2, -0.15) is 10.5 Å². The van der Waals surface area contributed by atoms with Crippen molar-refractivity contribution in [1.82, 2.24) is 19.9 Å². The van der Waals surface area contributed by atoms with E-state index in [4.69, 9.17) is 15.0 Å². The summed E-state index contributed by atoms with van der Waals surface area (Å²) in [7, 11) is 0. The second kappa shape index (κ2) is 13.4. The molecule has 51 heavy (non-hydrogen) atoms. The van der Waals surface area contributed by atoms with Crippen LogP contribution in [-0.2, 0) is 5.41 Å². The van der Waals surface area contributed by atoms with Crippen LogP contribution in [0.3, 0.4) is 0 Å². The van der Waals surface area contributed by atoms with Crippen molar-refractivity contribution in [3.63, 3.8) is 0 Å². The largest absolute Gasteiger partial charge is 0.265 e. The van der Waals surface area contributed by atoms with Crippen LogP contribution in [0.15, 0.2) is 116 Å². The van der Waals surface area contributed by atoms with Gasteiger partial charge in [-0.1, -0.05) is 38.1 Å². The predicted molar refractivity (Wildman–Crippen MR) is 201 cm³/mol. The number of nitrogens with zero attached hydrogens (tertiary/aromatic N) is 6. The highest BCUT2D eigenvalue weighted by Crippen LogP contribution is 2.54. The van der Waals surface area contributed by atoms with Crippen molar-refractivity contribution in [3.8, 4) is 68.6 Å². The molecule has 2 fully saturated rings. The highest BCUT2D eigenvalue weighted by molar-refractivity contribution is 5.80. The Labute approximate surface area is 299 Å². The molecule has 0 radical (unpaired) electrons. The van der Waals surface area contributed by atoms with Crippen molar-refractivity contribution in [2.24, 2.45) is 17.8 Å². The van der Waals surface area contributed by atoms with Crippen molar-refractivity contribution in [3.05, 3.63) is 132 Å². The normalized spacial score (nSPS) is 21.0. The van der Waals surface area contributed by atoms with E-state index in [0.29, 0.717) is 28.6 Å². The molecule has 0 saturated heterocycles. The van der Waals surface area contributed by atoms with Crippen LogP contribution in [0.25, 0.3) is 56.4 Å². The molecule has 4 aromatic carbocycles. The molecule has 0 aliphatic heterocycles. The SMILES string of the molecule is C[C@@H]1C[C@@H]2C[C@H](C)CC(c3ccc(-c4cc(-c5ccncc5)cc(-c5nc(-c6ccc(C#N)cc6)nc(-c6ccc(C#N)cc6)n5)c4)cc3)(C1)C2. The van der Waals surface area contributed by atoms with Gasteiger partial charge in [0.25, 0.3) is 0 Å². The van der Waals surface area contributed by atoms with Crippen molar-refractivity contribution < 1.29 is 0 Å². The molecule has 4 atom stereocenters. The Morgan fingerprint density at radius 2 is 0.941 bits per heavy atom. The maximum absolute atomic E-state index is 9.39. The second-order valence-electron chi connectivity index (χ2n) is 14.7. The van der Waals surface area contributed by atoms with Gasteiger partial charge in [-0.25, -0.2) is 15.0 Å². The van der Waals surface area contributed by atoms with E-state index in [0.717, 1.165) is 56.7 Å². The van der Waals surface area contributed by atoms with Gasteiger partial charge in [-0.05, 0) is 162 Å². The first-order chi connectivity index (χ1) is 24.9. The third-order valence-electron chi connectivity index (χ3n) is 10.8. The Hall–Kier alpha value is -5.98. The molecule has 2 aliphatic rings. The zero-order chi connectivity index (χ0) is 35.0. The van der Waals surface area contributed by atoms with Gasteiger partial charge in [-0.3, -0.25) is 4.98 Å². The summed E-state index contributed by atoms with van der Waals surface area (Å²) < 4.78 is 0. The average molecular weight is 663 g/mol. The fraction of sp³-hybridized carbons (Fsp3) is 0.244. The van der Waals surface area contributed by atoms with Gasteiger partial charge in [0.05, 0.1) is 23.3 Å². The van der Waals surface area contributed by atoms with E-state index in [1.165, 1.54) is 37.7 Å². The smallest absolute Gasteiger partial charge is 0.164 e. The van der Waals surface area contributed by atoms with E-state index >= 15 is 0 Å². The van der Waals surface area contributed by atoms with Gasteiger partial charge in [0, 0.05) is 29.1 Å².